The van der Waals surface area contributed by atoms with Crippen LogP contribution < -0.4 is 16.2 Å². The molecule has 3 rings (SSSR count). The molecule has 1 heterocycles. The molecule has 0 saturated heterocycles. The van der Waals surface area contributed by atoms with Crippen molar-refractivity contribution in [2.24, 2.45) is 5.84 Å². The average molecular weight is 286 g/mol. The van der Waals surface area contributed by atoms with Crippen LogP contribution in [0.5, 0.6) is 5.75 Å². The highest BCUT2D eigenvalue weighted by molar-refractivity contribution is 6.05. The van der Waals surface area contributed by atoms with Crippen LogP contribution in [0.2, 0.25) is 0 Å². The van der Waals surface area contributed by atoms with E-state index in [-0.39, 0.29) is 13.0 Å². The molecule has 21 heavy (non-hydrogen) atoms. The maximum Gasteiger partial charge on any atom is 0.329 e. The van der Waals surface area contributed by atoms with Crippen LogP contribution in [0, 0.1) is 0 Å². The second-order valence-electron chi connectivity index (χ2n) is 4.45. The van der Waals surface area contributed by atoms with E-state index >= 15 is 0 Å². The highest BCUT2D eigenvalue weighted by atomic mass is 16.7. The van der Waals surface area contributed by atoms with Gasteiger partial charge in [-0.3, -0.25) is 4.79 Å². The SMILES string of the molecule is NNOC(=O)CCOc1ccc2oc3ccccc3c2c1. The molecular weight excluding hydrogens is 272 g/mol. The van der Waals surface area contributed by atoms with Gasteiger partial charge in [0.1, 0.15) is 16.9 Å². The number of nitrogens with two attached hydrogens (primary N) is 1. The third-order valence-electron chi connectivity index (χ3n) is 3.10. The number of furan rings is 1. The summed E-state index contributed by atoms with van der Waals surface area (Å²) in [5, 5.41) is 2.01. The minimum absolute atomic E-state index is 0.106. The molecule has 0 bridgehead atoms. The molecule has 3 aromatic rings. The first kappa shape index (κ1) is 13.4. The molecule has 0 spiro atoms. The quantitative estimate of drug-likeness (QED) is 0.552. The summed E-state index contributed by atoms with van der Waals surface area (Å²) < 4.78 is 11.3. The number of rotatable bonds is 5. The van der Waals surface area contributed by atoms with E-state index in [9.17, 15) is 4.79 Å². The van der Waals surface area contributed by atoms with E-state index in [0.29, 0.717) is 5.75 Å². The first-order chi connectivity index (χ1) is 10.3. The van der Waals surface area contributed by atoms with Crippen molar-refractivity contribution in [1.29, 1.82) is 0 Å². The van der Waals surface area contributed by atoms with Crippen molar-refractivity contribution < 1.29 is 18.8 Å². The van der Waals surface area contributed by atoms with Gasteiger partial charge in [0.15, 0.2) is 0 Å². The van der Waals surface area contributed by atoms with Crippen LogP contribution in [-0.2, 0) is 9.63 Å². The molecular formula is C15H14N2O4. The van der Waals surface area contributed by atoms with Crippen LogP contribution in [0.1, 0.15) is 6.42 Å². The molecule has 0 unspecified atom stereocenters. The zero-order valence-corrected chi connectivity index (χ0v) is 11.2. The highest BCUT2D eigenvalue weighted by Gasteiger charge is 2.08. The van der Waals surface area contributed by atoms with Crippen molar-refractivity contribution in [3.63, 3.8) is 0 Å². The third-order valence-corrected chi connectivity index (χ3v) is 3.10. The van der Waals surface area contributed by atoms with Gasteiger partial charge >= 0.3 is 5.97 Å². The number of fused-ring (bicyclic) bond motifs is 3. The van der Waals surface area contributed by atoms with Crippen LogP contribution >= 0.6 is 0 Å². The zero-order chi connectivity index (χ0) is 14.7. The van der Waals surface area contributed by atoms with Gasteiger partial charge in [0, 0.05) is 10.8 Å². The summed E-state index contributed by atoms with van der Waals surface area (Å²) in [5.41, 5.74) is 3.48. The van der Waals surface area contributed by atoms with Crippen molar-refractivity contribution in [3.05, 3.63) is 42.5 Å². The molecule has 1 aromatic heterocycles. The maximum atomic E-state index is 11.1. The number of carbonyl (C=O) groups excluding carboxylic acids is 1. The lowest BCUT2D eigenvalue weighted by atomic mass is 10.1. The molecule has 0 radical (unpaired) electrons. The Morgan fingerprint density at radius 3 is 2.81 bits per heavy atom. The van der Waals surface area contributed by atoms with E-state index in [1.54, 1.807) is 6.07 Å². The molecule has 2 aromatic carbocycles. The molecule has 6 nitrogen and oxygen atoms in total. The smallest absolute Gasteiger partial charge is 0.329 e. The minimum atomic E-state index is -0.479. The molecule has 0 amide bonds. The van der Waals surface area contributed by atoms with E-state index < -0.39 is 5.97 Å². The number of ether oxygens (including phenoxy) is 1. The average Bonchev–Trinajstić information content (AvgIpc) is 2.86. The summed E-state index contributed by atoms with van der Waals surface area (Å²) in [6.07, 6.45) is 0.106. The fraction of sp³-hybridized carbons (Fsp3) is 0.133. The summed E-state index contributed by atoms with van der Waals surface area (Å²) >= 11 is 0. The predicted molar refractivity (Wildman–Crippen MR) is 77.2 cm³/mol. The third kappa shape index (κ3) is 2.81. The Morgan fingerprint density at radius 2 is 1.95 bits per heavy atom. The Kier molecular flexibility index (Phi) is 3.72. The van der Waals surface area contributed by atoms with Crippen LogP contribution in [-0.4, -0.2) is 12.6 Å². The predicted octanol–water partition coefficient (Wildman–Crippen LogP) is 2.28. The summed E-state index contributed by atoms with van der Waals surface area (Å²) in [7, 11) is 0. The summed E-state index contributed by atoms with van der Waals surface area (Å²) in [4.78, 5) is 15.5. The summed E-state index contributed by atoms with van der Waals surface area (Å²) in [5.74, 6) is 5.06. The van der Waals surface area contributed by atoms with Gasteiger partial charge < -0.3 is 14.0 Å². The molecule has 0 fully saturated rings. The first-order valence-corrected chi connectivity index (χ1v) is 6.47. The van der Waals surface area contributed by atoms with Gasteiger partial charge in [0.05, 0.1) is 13.0 Å². The number of hydrogen-bond donors (Lipinski definition) is 2. The Hall–Kier alpha value is -2.57. The number of nitrogens with one attached hydrogen (secondary N) is 1. The normalized spacial score (nSPS) is 10.9. The molecule has 108 valence electrons. The maximum absolute atomic E-state index is 11.1. The molecule has 0 aliphatic heterocycles. The molecule has 0 atom stereocenters. The van der Waals surface area contributed by atoms with Crippen molar-refractivity contribution in [2.45, 2.75) is 6.42 Å². The highest BCUT2D eigenvalue weighted by Crippen LogP contribution is 2.31. The zero-order valence-electron chi connectivity index (χ0n) is 11.2. The van der Waals surface area contributed by atoms with Crippen molar-refractivity contribution in [1.82, 2.24) is 5.59 Å². The number of hydrogen-bond acceptors (Lipinski definition) is 6. The van der Waals surface area contributed by atoms with Gasteiger partial charge in [-0.15, -0.1) is 0 Å². The van der Waals surface area contributed by atoms with Gasteiger partial charge in [0.2, 0.25) is 0 Å². The van der Waals surface area contributed by atoms with Gasteiger partial charge in [-0.05, 0) is 24.3 Å². The lowest BCUT2D eigenvalue weighted by Crippen LogP contribution is -2.26. The van der Waals surface area contributed by atoms with Gasteiger partial charge in [-0.1, -0.05) is 23.8 Å². The number of hydrazine groups is 1. The van der Waals surface area contributed by atoms with E-state index in [0.717, 1.165) is 21.9 Å². The van der Waals surface area contributed by atoms with Crippen LogP contribution in [0.4, 0.5) is 0 Å². The Labute approximate surface area is 120 Å². The van der Waals surface area contributed by atoms with E-state index in [4.69, 9.17) is 15.0 Å². The molecule has 0 aliphatic rings. The first-order valence-electron chi connectivity index (χ1n) is 6.47. The van der Waals surface area contributed by atoms with E-state index in [1.807, 2.05) is 42.0 Å². The Balaban J connectivity index is 1.77. The topological polar surface area (TPSA) is 86.7 Å². The van der Waals surface area contributed by atoms with Crippen LogP contribution in [0.3, 0.4) is 0 Å². The van der Waals surface area contributed by atoms with E-state index in [2.05, 4.69) is 4.84 Å². The summed E-state index contributed by atoms with van der Waals surface area (Å²) in [6.45, 7) is 0.210. The van der Waals surface area contributed by atoms with Crippen molar-refractivity contribution >= 4 is 27.9 Å². The molecule has 3 N–H and O–H groups in total. The second kappa shape index (κ2) is 5.82. The lowest BCUT2D eigenvalue weighted by Gasteiger charge is -2.05. The second-order valence-corrected chi connectivity index (χ2v) is 4.45. The van der Waals surface area contributed by atoms with Gasteiger partial charge in [0.25, 0.3) is 0 Å². The standard InChI is InChI=1S/C15H14N2O4/c16-17-21-15(18)7-8-19-10-5-6-14-12(9-10)11-3-1-2-4-13(11)20-14/h1-6,9,17H,7-8,16H2. The molecule has 6 heteroatoms. The van der Waals surface area contributed by atoms with Crippen LogP contribution in [0.25, 0.3) is 21.9 Å². The van der Waals surface area contributed by atoms with E-state index in [1.165, 1.54) is 0 Å². The van der Waals surface area contributed by atoms with Crippen LogP contribution in [0.15, 0.2) is 46.9 Å². The molecule has 0 saturated carbocycles. The molecule has 0 aliphatic carbocycles. The monoisotopic (exact) mass is 286 g/mol. The fourth-order valence-electron chi connectivity index (χ4n) is 2.16. The lowest BCUT2D eigenvalue weighted by molar-refractivity contribution is -0.151. The fourth-order valence-corrected chi connectivity index (χ4v) is 2.16. The summed E-state index contributed by atoms with van der Waals surface area (Å²) in [6, 6.07) is 13.4. The Bertz CT molecular complexity index is 782. The minimum Gasteiger partial charge on any atom is -0.493 e. The van der Waals surface area contributed by atoms with Crippen molar-refractivity contribution in [2.75, 3.05) is 6.61 Å². The number of carbonyl (C=O) groups is 1. The number of benzene rings is 2. The Morgan fingerprint density at radius 1 is 1.14 bits per heavy atom. The largest absolute Gasteiger partial charge is 0.493 e. The van der Waals surface area contributed by atoms with Crippen molar-refractivity contribution in [3.8, 4) is 5.75 Å². The number of para-hydroxylation sites is 1. The van der Waals surface area contributed by atoms with Gasteiger partial charge in [-0.2, -0.15) is 0 Å². The van der Waals surface area contributed by atoms with Gasteiger partial charge in [-0.25, -0.2) is 5.84 Å².